The lowest BCUT2D eigenvalue weighted by molar-refractivity contribution is 0.245. The van der Waals surface area contributed by atoms with Crippen molar-refractivity contribution in [1.82, 2.24) is 25.7 Å². The van der Waals surface area contributed by atoms with E-state index in [-0.39, 0.29) is 30.0 Å². The number of nitrogens with zero attached hydrogens (tertiary/aromatic N) is 4. The number of guanidine groups is 1. The molecule has 0 spiro atoms. The summed E-state index contributed by atoms with van der Waals surface area (Å²) in [5.74, 6) is 3.06. The number of hydrogen-bond acceptors (Lipinski definition) is 6. The van der Waals surface area contributed by atoms with Crippen LogP contribution in [0.25, 0.3) is 0 Å². The van der Waals surface area contributed by atoms with Crippen molar-refractivity contribution in [2.75, 3.05) is 40.3 Å². The highest BCUT2D eigenvalue weighted by atomic mass is 127. The summed E-state index contributed by atoms with van der Waals surface area (Å²) >= 11 is 0. The number of methoxy groups -OCH3 is 1. The van der Waals surface area contributed by atoms with Gasteiger partial charge in [0.25, 0.3) is 0 Å². The summed E-state index contributed by atoms with van der Waals surface area (Å²) in [5, 5.41) is 10.7. The van der Waals surface area contributed by atoms with Crippen molar-refractivity contribution in [3.8, 4) is 5.75 Å². The van der Waals surface area contributed by atoms with E-state index >= 15 is 0 Å². The van der Waals surface area contributed by atoms with Crippen LogP contribution in [0.3, 0.4) is 0 Å². The Bertz CT molecular complexity index is 791. The number of nitrogens with one attached hydrogen (secondary N) is 2. The minimum absolute atomic E-state index is 0. The van der Waals surface area contributed by atoms with Crippen molar-refractivity contribution in [2.45, 2.75) is 38.6 Å². The van der Waals surface area contributed by atoms with Crippen LogP contribution in [0.5, 0.6) is 5.75 Å². The highest BCUT2D eigenvalue weighted by Crippen LogP contribution is 2.27. The fraction of sp³-hybridized carbons (Fsp3) is 0.571. The average Bonchev–Trinajstić information content (AvgIpc) is 3.42. The molecule has 0 bridgehead atoms. The van der Waals surface area contributed by atoms with E-state index < -0.39 is 0 Å². The number of likely N-dealkylation sites (tertiary alicyclic amines) is 1. The Morgan fingerprint density at radius 1 is 1.30 bits per heavy atom. The number of halogens is 1. The first-order valence-corrected chi connectivity index (χ1v) is 10.3. The van der Waals surface area contributed by atoms with Gasteiger partial charge in [-0.05, 0) is 57.0 Å². The molecule has 0 aliphatic carbocycles. The molecule has 0 radical (unpaired) electrons. The van der Waals surface area contributed by atoms with Gasteiger partial charge < -0.3 is 19.9 Å². The number of ether oxygens (including phenoxy) is 1. The van der Waals surface area contributed by atoms with E-state index in [9.17, 15) is 0 Å². The van der Waals surface area contributed by atoms with Crippen molar-refractivity contribution in [3.63, 3.8) is 0 Å². The molecular weight excluding hydrogens is 495 g/mol. The van der Waals surface area contributed by atoms with E-state index in [2.05, 4.69) is 48.9 Å². The van der Waals surface area contributed by atoms with Crippen molar-refractivity contribution < 1.29 is 9.26 Å². The lowest BCUT2D eigenvalue weighted by Crippen LogP contribution is -2.43. The Hall–Kier alpha value is -1.88. The van der Waals surface area contributed by atoms with Crippen LogP contribution >= 0.6 is 24.0 Å². The number of aryl methyl sites for hydroxylation is 2. The predicted molar refractivity (Wildman–Crippen MR) is 129 cm³/mol. The van der Waals surface area contributed by atoms with Crippen LogP contribution in [0.4, 0.5) is 0 Å². The average molecular weight is 528 g/mol. The molecule has 1 aliphatic rings. The van der Waals surface area contributed by atoms with Crippen LogP contribution in [0.1, 0.15) is 42.6 Å². The molecule has 1 unspecified atom stereocenters. The molecule has 1 aromatic heterocycles. The molecule has 1 fully saturated rings. The summed E-state index contributed by atoms with van der Waals surface area (Å²) in [6, 6.07) is 8.64. The molecule has 1 atom stereocenters. The second-order valence-electron chi connectivity index (χ2n) is 7.25. The topological polar surface area (TPSA) is 87.8 Å². The molecule has 2 N–H and O–H groups in total. The van der Waals surface area contributed by atoms with Crippen LogP contribution in [0.15, 0.2) is 33.8 Å². The largest absolute Gasteiger partial charge is 0.497 e. The van der Waals surface area contributed by atoms with Crippen LogP contribution in [0.2, 0.25) is 0 Å². The van der Waals surface area contributed by atoms with Crippen LogP contribution in [0, 0.1) is 6.92 Å². The molecule has 1 aliphatic heterocycles. The fourth-order valence-corrected chi connectivity index (χ4v) is 3.66. The van der Waals surface area contributed by atoms with Gasteiger partial charge in [0.2, 0.25) is 5.89 Å². The van der Waals surface area contributed by atoms with Crippen LogP contribution in [-0.2, 0) is 6.42 Å². The van der Waals surface area contributed by atoms with Crippen molar-refractivity contribution in [2.24, 2.45) is 4.99 Å². The van der Waals surface area contributed by atoms with E-state index in [1.165, 1.54) is 18.4 Å². The lowest BCUT2D eigenvalue weighted by Gasteiger charge is -2.29. The third kappa shape index (κ3) is 7.12. The van der Waals surface area contributed by atoms with Gasteiger partial charge >= 0.3 is 0 Å². The maximum Gasteiger partial charge on any atom is 0.226 e. The molecule has 9 heteroatoms. The van der Waals surface area contributed by atoms with Gasteiger partial charge in [-0.25, -0.2) is 0 Å². The molecule has 8 nitrogen and oxygen atoms in total. The number of hydrogen-bond donors (Lipinski definition) is 2. The van der Waals surface area contributed by atoms with Gasteiger partial charge in [-0.3, -0.25) is 9.89 Å². The Morgan fingerprint density at radius 3 is 2.77 bits per heavy atom. The van der Waals surface area contributed by atoms with E-state index in [1.807, 2.05) is 13.0 Å². The Balaban J connectivity index is 0.00000320. The molecule has 3 rings (SSSR count). The fourth-order valence-electron chi connectivity index (χ4n) is 3.66. The third-order valence-electron chi connectivity index (χ3n) is 5.18. The highest BCUT2D eigenvalue weighted by molar-refractivity contribution is 14.0. The van der Waals surface area contributed by atoms with Gasteiger partial charge in [-0.1, -0.05) is 17.3 Å². The zero-order valence-corrected chi connectivity index (χ0v) is 20.4. The van der Waals surface area contributed by atoms with Gasteiger partial charge in [-0.2, -0.15) is 4.98 Å². The van der Waals surface area contributed by atoms with Crippen LogP contribution < -0.4 is 15.4 Å². The second-order valence-corrected chi connectivity index (χ2v) is 7.25. The summed E-state index contributed by atoms with van der Waals surface area (Å²) in [5.41, 5.74) is 1.26. The highest BCUT2D eigenvalue weighted by Gasteiger charge is 2.24. The molecule has 30 heavy (non-hydrogen) atoms. The van der Waals surface area contributed by atoms with E-state index in [0.29, 0.717) is 11.7 Å². The summed E-state index contributed by atoms with van der Waals surface area (Å²) in [7, 11) is 3.51. The molecule has 1 aromatic carbocycles. The van der Waals surface area contributed by atoms with E-state index in [4.69, 9.17) is 9.26 Å². The summed E-state index contributed by atoms with van der Waals surface area (Å²) < 4.78 is 10.6. The zero-order chi connectivity index (χ0) is 20.5. The first kappa shape index (κ1) is 24.4. The smallest absolute Gasteiger partial charge is 0.226 e. The normalized spacial score (nSPS) is 15.5. The SMILES string of the molecule is CN=C(NCCCc1nc(C)no1)NCC(c1cccc(OC)c1)N1CCCC1.I. The minimum atomic E-state index is 0. The summed E-state index contributed by atoms with van der Waals surface area (Å²) in [6.45, 7) is 5.65. The predicted octanol–water partition coefficient (Wildman–Crippen LogP) is 2.94. The molecule has 0 saturated carbocycles. The number of benzene rings is 1. The first-order chi connectivity index (χ1) is 14.2. The minimum Gasteiger partial charge on any atom is -0.497 e. The number of rotatable bonds is 9. The summed E-state index contributed by atoms with van der Waals surface area (Å²) in [6.07, 6.45) is 4.16. The Kier molecular flexibility index (Phi) is 10.4. The number of aromatic nitrogens is 2. The monoisotopic (exact) mass is 528 g/mol. The van der Waals surface area contributed by atoms with Gasteiger partial charge in [0.1, 0.15) is 5.75 Å². The molecular formula is C21H33IN6O2. The number of aliphatic imine (C=N–C) groups is 1. The van der Waals surface area contributed by atoms with Gasteiger partial charge in [0.05, 0.1) is 13.2 Å². The zero-order valence-electron chi connectivity index (χ0n) is 18.1. The lowest BCUT2D eigenvalue weighted by atomic mass is 10.1. The van der Waals surface area contributed by atoms with Crippen molar-refractivity contribution >= 4 is 29.9 Å². The van der Waals surface area contributed by atoms with Crippen molar-refractivity contribution in [3.05, 3.63) is 41.5 Å². The Morgan fingerprint density at radius 2 is 2.10 bits per heavy atom. The van der Waals surface area contributed by atoms with Crippen LogP contribution in [-0.4, -0.2) is 61.3 Å². The molecule has 0 amide bonds. The van der Waals surface area contributed by atoms with E-state index in [0.717, 1.165) is 50.7 Å². The molecule has 2 aromatic rings. The molecule has 1 saturated heterocycles. The van der Waals surface area contributed by atoms with Crippen molar-refractivity contribution in [1.29, 1.82) is 0 Å². The second kappa shape index (κ2) is 12.7. The van der Waals surface area contributed by atoms with Gasteiger partial charge in [0, 0.05) is 26.6 Å². The molecule has 166 valence electrons. The van der Waals surface area contributed by atoms with Gasteiger partial charge in [0.15, 0.2) is 11.8 Å². The maximum absolute atomic E-state index is 5.43. The standard InChI is InChI=1S/C21H32N6O2.HI/c1-16-25-20(29-26-16)10-7-11-23-21(22-2)24-15-19(27-12-4-5-13-27)17-8-6-9-18(14-17)28-3;/h6,8-9,14,19H,4-5,7,10-13,15H2,1-3H3,(H2,22,23,24);1H. The maximum atomic E-state index is 5.43. The van der Waals surface area contributed by atoms with E-state index in [1.54, 1.807) is 14.2 Å². The molecule has 2 heterocycles. The quantitative estimate of drug-likeness (QED) is 0.224. The van der Waals surface area contributed by atoms with Gasteiger partial charge in [-0.15, -0.1) is 24.0 Å². The summed E-state index contributed by atoms with van der Waals surface area (Å²) in [4.78, 5) is 11.1. The Labute approximate surface area is 195 Å². The third-order valence-corrected chi connectivity index (χ3v) is 5.18. The first-order valence-electron chi connectivity index (χ1n) is 10.3.